The molecule has 2 aromatic carbocycles. The average Bonchev–Trinajstić information content (AvgIpc) is 2.43. The molecule has 83 heavy (non-hydrogen) atoms. The molecule has 12 rings (SSSR count). The summed E-state index contributed by atoms with van der Waals surface area (Å²) < 4.78 is 52.3. The number of fused-ring (bicyclic) bond motifs is 6. The highest BCUT2D eigenvalue weighted by molar-refractivity contribution is 7.26. The lowest BCUT2D eigenvalue weighted by Crippen LogP contribution is -2.58. The summed E-state index contributed by atoms with van der Waals surface area (Å²) >= 11 is 2.90. The summed E-state index contributed by atoms with van der Waals surface area (Å²) in [4.78, 5) is 69.5. The molecule has 7 aromatic rings. The topological polar surface area (TPSA) is 207 Å². The largest absolute Gasteiger partial charge is 0.463 e. The number of aliphatic hydroxyl groups excluding tert-OH is 1. The van der Waals surface area contributed by atoms with Crippen LogP contribution in [0.1, 0.15) is 108 Å². The van der Waals surface area contributed by atoms with Gasteiger partial charge in [-0.1, -0.05) is 52.0 Å². The molecule has 1 unspecified atom stereocenters. The van der Waals surface area contributed by atoms with Gasteiger partial charge in [0.05, 0.1) is 61.8 Å². The first-order chi connectivity index (χ1) is 39.7. The average molecular weight is 1180 g/mol. The van der Waals surface area contributed by atoms with Crippen LogP contribution in [0, 0.1) is 36.5 Å². The Hall–Kier alpha value is -6.33. The molecule has 5 aliphatic rings. The number of carbonyl (C=O) groups is 3. The fraction of sp³-hybridized carbons (Fsp3) is 0.541. The van der Waals surface area contributed by atoms with E-state index in [4.69, 9.17) is 14.7 Å². The minimum absolute atomic E-state index is 0.00743. The third kappa shape index (κ3) is 11.7. The Morgan fingerprint density at radius 3 is 2.42 bits per heavy atom. The second-order valence-corrected chi connectivity index (χ2v) is 27.4. The quantitative estimate of drug-likeness (QED) is 0.0689. The Bertz CT molecular complexity index is 3560. The number of β-amino-alcohol motifs (C(OH)–C–C–N with tert-alkyl or cyclic N) is 1. The van der Waals surface area contributed by atoms with Crippen LogP contribution in [0.15, 0.2) is 54.3 Å². The lowest BCUT2D eigenvalue weighted by molar-refractivity contribution is -0.144. The normalized spacial score (nSPS) is 24.7. The number of rotatable bonds is 14. The number of aromatic nitrogens is 6. The molecule has 17 nitrogen and oxygen atoms in total. The summed E-state index contributed by atoms with van der Waals surface area (Å²) in [5.41, 5.74) is 3.92. The number of amides is 3. The number of nitrogens with one attached hydrogen (secondary N) is 4. The van der Waals surface area contributed by atoms with Gasteiger partial charge < -0.3 is 40.5 Å². The van der Waals surface area contributed by atoms with Gasteiger partial charge in [-0.05, 0) is 112 Å². The molecule has 5 aromatic heterocycles. The monoisotopic (exact) mass is 1170 g/mol. The first kappa shape index (κ1) is 57.1. The number of halogens is 3. The number of thiophene rings is 1. The van der Waals surface area contributed by atoms with Crippen LogP contribution in [0.5, 0.6) is 6.01 Å². The summed E-state index contributed by atoms with van der Waals surface area (Å²) in [6.07, 6.45) is 4.80. The third-order valence-electron chi connectivity index (χ3n) is 18.0. The molecular weight excluding hydrogens is 1100 g/mol. The lowest BCUT2D eigenvalue weighted by atomic mass is 9.79. The number of aliphatic hydroxyl groups is 1. The van der Waals surface area contributed by atoms with Crippen molar-refractivity contribution in [1.29, 1.82) is 0 Å². The zero-order valence-electron chi connectivity index (χ0n) is 47.9. The van der Waals surface area contributed by atoms with Gasteiger partial charge in [0.15, 0.2) is 0 Å². The maximum Gasteiger partial charge on any atom is 0.417 e. The number of H-pyrrole nitrogens is 1. The van der Waals surface area contributed by atoms with Crippen molar-refractivity contribution < 1.29 is 37.4 Å². The van der Waals surface area contributed by atoms with Gasteiger partial charge in [-0.3, -0.25) is 24.5 Å². The molecule has 440 valence electrons. The number of aryl methyl sites for hydroxylation is 2. The van der Waals surface area contributed by atoms with E-state index in [9.17, 15) is 19.5 Å². The van der Waals surface area contributed by atoms with E-state index < -0.39 is 35.3 Å². The van der Waals surface area contributed by atoms with Crippen LogP contribution in [0.3, 0.4) is 0 Å². The van der Waals surface area contributed by atoms with E-state index in [0.717, 1.165) is 110 Å². The van der Waals surface area contributed by atoms with E-state index in [1.54, 1.807) is 17.5 Å². The van der Waals surface area contributed by atoms with Crippen molar-refractivity contribution in [3.05, 3.63) is 76.7 Å². The minimum atomic E-state index is -4.64. The summed E-state index contributed by atoms with van der Waals surface area (Å²) in [7, 11) is 0. The number of nitrogens with zero attached hydrogens (tertiary/aromatic N) is 8. The third-order valence-corrected chi connectivity index (χ3v) is 20.1. The number of piperazine rings is 1. The van der Waals surface area contributed by atoms with Gasteiger partial charge in [-0.2, -0.15) is 28.2 Å². The molecule has 1 aliphatic carbocycles. The van der Waals surface area contributed by atoms with Gasteiger partial charge in [0.25, 0.3) is 0 Å². The lowest BCUT2D eigenvalue weighted by Gasteiger charge is -2.42. The van der Waals surface area contributed by atoms with Gasteiger partial charge in [-0.15, -0.1) is 22.7 Å². The number of piperidine rings is 1. The first-order valence-electron chi connectivity index (χ1n) is 29.2. The number of hydrogen-bond acceptors (Lipinski definition) is 15. The Morgan fingerprint density at radius 1 is 0.952 bits per heavy atom. The van der Waals surface area contributed by atoms with E-state index in [1.807, 2.05) is 63.5 Å². The maximum atomic E-state index is 15.0. The van der Waals surface area contributed by atoms with Gasteiger partial charge in [0.2, 0.25) is 17.7 Å². The van der Waals surface area contributed by atoms with Crippen molar-refractivity contribution in [3.8, 4) is 27.7 Å². The molecule has 0 radical (unpaired) electrons. The number of anilines is 1. The fourth-order valence-electron chi connectivity index (χ4n) is 13.8. The van der Waals surface area contributed by atoms with Gasteiger partial charge in [0.1, 0.15) is 22.7 Å². The molecule has 4 aliphatic heterocycles. The number of thiazole rings is 1. The van der Waals surface area contributed by atoms with Crippen LogP contribution in [-0.4, -0.2) is 139 Å². The van der Waals surface area contributed by atoms with Crippen LogP contribution >= 0.6 is 22.7 Å². The smallest absolute Gasteiger partial charge is 0.417 e. The van der Waals surface area contributed by atoms with Gasteiger partial charge in [0, 0.05) is 91.6 Å². The Kier molecular flexibility index (Phi) is 15.5. The van der Waals surface area contributed by atoms with Crippen LogP contribution in [0.25, 0.3) is 52.9 Å². The van der Waals surface area contributed by atoms with E-state index in [-0.39, 0.29) is 71.4 Å². The van der Waals surface area contributed by atoms with Crippen molar-refractivity contribution in [2.45, 2.75) is 142 Å². The Morgan fingerprint density at radius 2 is 1.71 bits per heavy atom. The number of alkyl halides is 3. The summed E-state index contributed by atoms with van der Waals surface area (Å²) in [6, 6.07) is 10.4. The molecule has 1 saturated carbocycles. The number of benzene rings is 2. The zero-order valence-corrected chi connectivity index (χ0v) is 49.5. The number of hydrogen-bond donors (Lipinski definition) is 5. The van der Waals surface area contributed by atoms with Crippen molar-refractivity contribution in [3.63, 3.8) is 0 Å². The number of aromatic amines is 1. The summed E-state index contributed by atoms with van der Waals surface area (Å²) in [5, 5.41) is 29.5. The highest BCUT2D eigenvalue weighted by Gasteiger charge is 2.46. The molecule has 22 heteroatoms. The Balaban J connectivity index is 0.688. The first-order valence-corrected chi connectivity index (χ1v) is 30.9. The number of carbonyl (C=O) groups excluding carboxylic acids is 3. The van der Waals surface area contributed by atoms with Crippen molar-refractivity contribution in [2.24, 2.45) is 22.7 Å². The molecule has 5 N–H and O–H groups in total. The Labute approximate surface area is 488 Å². The number of likely N-dealkylation sites (tertiary alicyclic amines) is 2. The van der Waals surface area contributed by atoms with E-state index in [2.05, 4.69) is 52.8 Å². The molecule has 3 amide bonds. The summed E-state index contributed by atoms with van der Waals surface area (Å²) in [5.74, 6) is -0.0201. The second kappa shape index (κ2) is 22.6. The maximum absolute atomic E-state index is 15.0. The van der Waals surface area contributed by atoms with Gasteiger partial charge in [-0.25, -0.2) is 4.98 Å². The number of ether oxygens (including phenoxy) is 1. The van der Waals surface area contributed by atoms with E-state index in [1.165, 1.54) is 35.4 Å². The molecule has 4 saturated heterocycles. The molecule has 6 atom stereocenters. The van der Waals surface area contributed by atoms with Crippen molar-refractivity contribution in [1.82, 2.24) is 55.9 Å². The zero-order chi connectivity index (χ0) is 58.1. The van der Waals surface area contributed by atoms with Crippen LogP contribution in [0.4, 0.5) is 19.0 Å². The van der Waals surface area contributed by atoms with Crippen LogP contribution < -0.4 is 25.6 Å². The molecule has 5 fully saturated rings. The summed E-state index contributed by atoms with van der Waals surface area (Å²) in [6.45, 7) is 16.2. The van der Waals surface area contributed by atoms with Crippen LogP contribution in [0.2, 0.25) is 0 Å². The highest BCUT2D eigenvalue weighted by Crippen LogP contribution is 2.49. The SMILES string of the molecule is Cc1cc2[nH]ncc2c(-c2nccc3c2sc2nc(OCC4(C)CCCN(CC5CCC(C(=O)N[C@H](C(=O)N6C[C@H](O)C[C@H]6C(=O)NCc6ccc(-c7scnc7C)cc6)C(C)(C)C)CC5)C4)nc(N4C[C@H]5CC[C@@H](C4)N5)c23)c1C(F)(F)F. The highest BCUT2D eigenvalue weighted by atomic mass is 32.1. The van der Waals surface area contributed by atoms with E-state index in [0.29, 0.717) is 57.9 Å². The predicted molar refractivity (Wildman–Crippen MR) is 316 cm³/mol. The van der Waals surface area contributed by atoms with Crippen molar-refractivity contribution >= 4 is 77.4 Å². The minimum Gasteiger partial charge on any atom is -0.463 e. The molecule has 2 bridgehead atoms. The standard InChI is InChI=1S/C61H73F3N12O5S2/c1-33-22-44-43(25-68-73-44)46(48(33)61(62,63)64)49-51-42(18-20-65-49)47-53(75-27-39-16-17-40(28-75)69-39)71-58(72-56(47)83-51)81-31-60(6)19-7-21-74(30-60)26-36-10-14-38(15-11-36)54(78)70-52(59(3,4)5)57(80)76-29-41(77)23-45(76)55(79)66-24-35-8-12-37(13-9-35)50-34(2)67-32-82-50/h8-9,12-13,18,20,22,25,32,36,38-41,45,52,69,77H,7,10-11,14-17,19,21,23-24,26-31H2,1-6H3,(H,66,79)(H,68,73)(H,70,78)/t36?,38?,39-,40+,41-,45+,52-,60?/m1/s1. The predicted octanol–water partition coefficient (Wildman–Crippen LogP) is 9.58. The van der Waals surface area contributed by atoms with Crippen LogP contribution in [-0.2, 0) is 27.1 Å². The molecule has 9 heterocycles. The number of pyridine rings is 1. The van der Waals surface area contributed by atoms with Gasteiger partial charge >= 0.3 is 12.2 Å². The van der Waals surface area contributed by atoms with Crippen molar-refractivity contribution in [2.75, 3.05) is 50.8 Å². The van der Waals surface area contributed by atoms with E-state index >= 15 is 13.2 Å². The molecular formula is C61H73F3N12O5S2. The second-order valence-electron chi connectivity index (χ2n) is 25.5. The molecule has 0 spiro atoms. The fourth-order valence-corrected chi connectivity index (χ4v) is 15.8.